The van der Waals surface area contributed by atoms with Crippen LogP contribution in [-0.2, 0) is 10.0 Å². The van der Waals surface area contributed by atoms with Crippen LogP contribution in [0.1, 0.15) is 23.2 Å². The minimum absolute atomic E-state index is 0.0181. The zero-order valence-electron chi connectivity index (χ0n) is 11.2. The Labute approximate surface area is 118 Å². The topological polar surface area (TPSA) is 95.5 Å². The van der Waals surface area contributed by atoms with Gasteiger partial charge >= 0.3 is 0 Å². The minimum Gasteiger partial charge on any atom is -0.391 e. The summed E-state index contributed by atoms with van der Waals surface area (Å²) in [4.78, 5) is 11.4. The molecule has 3 N–H and O–H groups in total. The number of benzene rings is 1. The highest BCUT2D eigenvalue weighted by atomic mass is 32.2. The van der Waals surface area contributed by atoms with E-state index in [1.54, 1.807) is 0 Å². The predicted octanol–water partition coefficient (Wildman–Crippen LogP) is 0.0954. The van der Waals surface area contributed by atoms with Crippen LogP contribution in [0.4, 0.5) is 0 Å². The average molecular weight is 298 g/mol. The van der Waals surface area contributed by atoms with E-state index in [4.69, 9.17) is 0 Å². The molecule has 0 aromatic heterocycles. The summed E-state index contributed by atoms with van der Waals surface area (Å²) < 4.78 is 26.4. The van der Waals surface area contributed by atoms with Crippen LogP contribution in [0.15, 0.2) is 29.2 Å². The Balaban J connectivity index is 2.03. The average Bonchev–Trinajstić information content (AvgIpc) is 3.28. The molecule has 1 amide bonds. The summed E-state index contributed by atoms with van der Waals surface area (Å²) in [6, 6.07) is 5.64. The van der Waals surface area contributed by atoms with Crippen molar-refractivity contribution in [3.05, 3.63) is 29.8 Å². The Hall–Kier alpha value is -1.44. The van der Waals surface area contributed by atoms with Gasteiger partial charge in [-0.25, -0.2) is 13.1 Å². The molecule has 7 heteroatoms. The predicted molar refractivity (Wildman–Crippen MR) is 73.8 cm³/mol. The van der Waals surface area contributed by atoms with E-state index in [9.17, 15) is 18.3 Å². The highest BCUT2D eigenvalue weighted by Crippen LogP contribution is 2.32. The van der Waals surface area contributed by atoms with Gasteiger partial charge in [-0.3, -0.25) is 4.79 Å². The molecule has 1 aliphatic rings. The highest BCUT2D eigenvalue weighted by molar-refractivity contribution is 7.89. The Bertz CT molecular complexity index is 579. The van der Waals surface area contributed by atoms with Gasteiger partial charge in [0.05, 0.1) is 11.0 Å². The van der Waals surface area contributed by atoms with E-state index in [1.807, 2.05) is 0 Å². The van der Waals surface area contributed by atoms with E-state index in [0.717, 1.165) is 12.8 Å². The number of amides is 1. The van der Waals surface area contributed by atoms with E-state index in [0.29, 0.717) is 5.56 Å². The number of aliphatic hydroxyl groups is 1. The first-order valence-corrected chi connectivity index (χ1v) is 7.92. The van der Waals surface area contributed by atoms with E-state index < -0.39 is 16.1 Å². The summed E-state index contributed by atoms with van der Waals surface area (Å²) in [6.45, 7) is 0.0181. The highest BCUT2D eigenvalue weighted by Gasteiger charge is 2.30. The first kappa shape index (κ1) is 15.0. The summed E-state index contributed by atoms with van der Waals surface area (Å²) in [5.74, 6) is -0.0561. The number of rotatable bonds is 6. The molecule has 1 aromatic rings. The second kappa shape index (κ2) is 5.90. The fourth-order valence-corrected chi connectivity index (χ4v) is 2.91. The van der Waals surface area contributed by atoms with Crippen molar-refractivity contribution in [3.8, 4) is 0 Å². The van der Waals surface area contributed by atoms with Crippen molar-refractivity contribution in [3.63, 3.8) is 0 Å². The number of nitrogens with one attached hydrogen (secondary N) is 2. The van der Waals surface area contributed by atoms with Crippen molar-refractivity contribution in [2.24, 2.45) is 5.92 Å². The van der Waals surface area contributed by atoms with Crippen molar-refractivity contribution >= 4 is 15.9 Å². The van der Waals surface area contributed by atoms with Gasteiger partial charge in [-0.1, -0.05) is 0 Å². The monoisotopic (exact) mass is 298 g/mol. The van der Waals surface area contributed by atoms with Gasteiger partial charge in [-0.2, -0.15) is 0 Å². The lowest BCUT2D eigenvalue weighted by Gasteiger charge is -2.11. The lowest BCUT2D eigenvalue weighted by Crippen LogP contribution is -2.33. The van der Waals surface area contributed by atoms with Crippen LogP contribution in [0.3, 0.4) is 0 Å². The molecule has 1 fully saturated rings. The summed E-state index contributed by atoms with van der Waals surface area (Å²) in [6.07, 6.45) is 1.27. The molecule has 1 unspecified atom stereocenters. The SMILES string of the molecule is CNC(=O)c1ccc(S(=O)(=O)NCC(O)C2CC2)cc1. The Kier molecular flexibility index (Phi) is 4.42. The van der Waals surface area contributed by atoms with E-state index in [-0.39, 0.29) is 23.3 Å². The van der Waals surface area contributed by atoms with Gasteiger partial charge in [-0.15, -0.1) is 0 Å². The van der Waals surface area contributed by atoms with Crippen LogP contribution < -0.4 is 10.0 Å². The minimum atomic E-state index is -3.65. The molecular formula is C13H18N2O4S. The maximum Gasteiger partial charge on any atom is 0.251 e. The molecule has 0 radical (unpaired) electrons. The molecule has 20 heavy (non-hydrogen) atoms. The van der Waals surface area contributed by atoms with Crippen LogP contribution in [0.25, 0.3) is 0 Å². The standard InChI is InChI=1S/C13H18N2O4S/c1-14-13(17)10-4-6-11(7-5-10)20(18,19)15-8-12(16)9-2-3-9/h4-7,9,12,15-16H,2-3,8H2,1H3,(H,14,17). The van der Waals surface area contributed by atoms with Crippen LogP contribution in [0.2, 0.25) is 0 Å². The third kappa shape index (κ3) is 3.56. The van der Waals surface area contributed by atoms with Crippen molar-refractivity contribution in [2.45, 2.75) is 23.8 Å². The van der Waals surface area contributed by atoms with Crippen molar-refractivity contribution < 1.29 is 18.3 Å². The molecule has 1 saturated carbocycles. The zero-order valence-corrected chi connectivity index (χ0v) is 12.0. The van der Waals surface area contributed by atoms with Gasteiger partial charge in [0, 0.05) is 19.2 Å². The van der Waals surface area contributed by atoms with Gasteiger partial charge in [-0.05, 0) is 43.0 Å². The number of sulfonamides is 1. The summed E-state index contributed by atoms with van der Waals surface area (Å²) in [5, 5.41) is 12.1. The van der Waals surface area contributed by atoms with Crippen molar-refractivity contribution in [2.75, 3.05) is 13.6 Å². The van der Waals surface area contributed by atoms with Gasteiger partial charge in [0.2, 0.25) is 10.0 Å². The zero-order chi connectivity index (χ0) is 14.8. The smallest absolute Gasteiger partial charge is 0.251 e. The number of hydrogen-bond acceptors (Lipinski definition) is 4. The maximum atomic E-state index is 12.0. The fraction of sp³-hybridized carbons (Fsp3) is 0.462. The molecule has 1 atom stereocenters. The molecule has 2 rings (SSSR count). The fourth-order valence-electron chi connectivity index (χ4n) is 1.86. The van der Waals surface area contributed by atoms with Gasteiger partial charge < -0.3 is 10.4 Å². The number of carbonyl (C=O) groups excluding carboxylic acids is 1. The van der Waals surface area contributed by atoms with Crippen LogP contribution in [-0.4, -0.2) is 39.1 Å². The van der Waals surface area contributed by atoms with Crippen LogP contribution in [0.5, 0.6) is 0 Å². The molecule has 1 aliphatic carbocycles. The number of carbonyl (C=O) groups is 1. The number of aliphatic hydroxyl groups excluding tert-OH is 1. The molecular weight excluding hydrogens is 280 g/mol. The lowest BCUT2D eigenvalue weighted by molar-refractivity contribution is 0.0963. The third-order valence-electron chi connectivity index (χ3n) is 3.30. The second-order valence-electron chi connectivity index (χ2n) is 4.86. The van der Waals surface area contributed by atoms with E-state index in [2.05, 4.69) is 10.0 Å². The lowest BCUT2D eigenvalue weighted by atomic mass is 10.2. The van der Waals surface area contributed by atoms with Gasteiger partial charge in [0.1, 0.15) is 0 Å². The first-order chi connectivity index (χ1) is 9.44. The Morgan fingerprint density at radius 2 is 1.95 bits per heavy atom. The van der Waals surface area contributed by atoms with Crippen molar-refractivity contribution in [1.29, 1.82) is 0 Å². The molecule has 6 nitrogen and oxygen atoms in total. The third-order valence-corrected chi connectivity index (χ3v) is 4.74. The molecule has 0 spiro atoms. The largest absolute Gasteiger partial charge is 0.391 e. The normalized spacial score (nSPS) is 16.7. The van der Waals surface area contributed by atoms with Crippen LogP contribution in [0, 0.1) is 5.92 Å². The van der Waals surface area contributed by atoms with E-state index in [1.165, 1.54) is 31.3 Å². The summed E-state index contributed by atoms with van der Waals surface area (Å²) in [7, 11) is -2.14. The molecule has 110 valence electrons. The molecule has 0 bridgehead atoms. The van der Waals surface area contributed by atoms with Gasteiger partial charge in [0.25, 0.3) is 5.91 Å². The van der Waals surface area contributed by atoms with E-state index >= 15 is 0 Å². The molecule has 1 aromatic carbocycles. The molecule has 0 heterocycles. The second-order valence-corrected chi connectivity index (χ2v) is 6.63. The van der Waals surface area contributed by atoms with Crippen LogP contribution >= 0.6 is 0 Å². The number of hydrogen-bond donors (Lipinski definition) is 3. The first-order valence-electron chi connectivity index (χ1n) is 6.44. The maximum absolute atomic E-state index is 12.0. The Morgan fingerprint density at radius 1 is 1.35 bits per heavy atom. The van der Waals surface area contributed by atoms with Gasteiger partial charge in [0.15, 0.2) is 0 Å². The quantitative estimate of drug-likeness (QED) is 0.694. The molecule has 0 aliphatic heterocycles. The molecule has 0 saturated heterocycles. The summed E-state index contributed by atoms with van der Waals surface area (Å²) >= 11 is 0. The Morgan fingerprint density at radius 3 is 2.45 bits per heavy atom. The van der Waals surface area contributed by atoms with Crippen molar-refractivity contribution in [1.82, 2.24) is 10.0 Å². The summed E-state index contributed by atoms with van der Waals surface area (Å²) in [5.41, 5.74) is 0.393.